The summed E-state index contributed by atoms with van der Waals surface area (Å²) in [6, 6.07) is 0. The molecule has 0 heterocycles. The summed E-state index contributed by atoms with van der Waals surface area (Å²) in [6.07, 6.45) is 88.4. The summed E-state index contributed by atoms with van der Waals surface area (Å²) in [4.78, 5) is 38.5. The lowest BCUT2D eigenvalue weighted by Crippen LogP contribution is -2.30. The van der Waals surface area contributed by atoms with Crippen LogP contribution in [0.3, 0.4) is 0 Å². The van der Waals surface area contributed by atoms with Crippen LogP contribution in [0.25, 0.3) is 0 Å². The summed E-state index contributed by atoms with van der Waals surface area (Å²) in [5, 5.41) is 0. The Kier molecular flexibility index (Phi) is 71.0. The van der Waals surface area contributed by atoms with Gasteiger partial charge in [0, 0.05) is 19.3 Å². The second-order valence-electron chi connectivity index (χ2n) is 26.3. The molecule has 0 spiro atoms. The van der Waals surface area contributed by atoms with Crippen LogP contribution in [-0.2, 0) is 28.6 Å². The first-order chi connectivity index (χ1) is 41.0. The van der Waals surface area contributed by atoms with E-state index >= 15 is 0 Å². The summed E-state index contributed by atoms with van der Waals surface area (Å²) < 4.78 is 17.0. The number of ether oxygens (including phenoxy) is 3. The highest BCUT2D eigenvalue weighted by Crippen LogP contribution is 2.20. The average molecular weight is 1170 g/mol. The van der Waals surface area contributed by atoms with E-state index in [0.717, 1.165) is 64.2 Å². The molecule has 0 amide bonds. The van der Waals surface area contributed by atoms with Crippen molar-refractivity contribution in [2.75, 3.05) is 13.2 Å². The monoisotopic (exact) mass is 1170 g/mol. The van der Waals surface area contributed by atoms with Crippen molar-refractivity contribution in [2.45, 2.75) is 451 Å². The minimum absolute atomic E-state index is 0.0654. The predicted molar refractivity (Wildman–Crippen MR) is 363 cm³/mol. The van der Waals surface area contributed by atoms with Crippen LogP contribution in [0.5, 0.6) is 0 Å². The molecule has 6 heteroatoms. The van der Waals surface area contributed by atoms with Crippen molar-refractivity contribution >= 4 is 17.9 Å². The molecular formula is C77H148O6. The van der Waals surface area contributed by atoms with Crippen molar-refractivity contribution in [3.8, 4) is 0 Å². The molecular weight excluding hydrogens is 1020 g/mol. The molecule has 0 fully saturated rings. The Balaban J connectivity index is 4.18. The molecule has 0 aliphatic rings. The predicted octanol–water partition coefficient (Wildman–Crippen LogP) is 26.3. The summed E-state index contributed by atoms with van der Waals surface area (Å²) in [5.41, 5.74) is 0. The smallest absolute Gasteiger partial charge is 0.306 e. The molecule has 83 heavy (non-hydrogen) atoms. The molecule has 0 aliphatic heterocycles. The fourth-order valence-electron chi connectivity index (χ4n) is 12.0. The van der Waals surface area contributed by atoms with E-state index in [2.05, 4.69) is 32.9 Å². The van der Waals surface area contributed by atoms with Crippen LogP contribution in [0.1, 0.15) is 445 Å². The minimum Gasteiger partial charge on any atom is -0.462 e. The normalized spacial score (nSPS) is 12.0. The zero-order valence-electron chi connectivity index (χ0n) is 56.8. The summed E-state index contributed by atoms with van der Waals surface area (Å²) >= 11 is 0. The molecule has 6 nitrogen and oxygen atoms in total. The zero-order chi connectivity index (χ0) is 59.9. The first kappa shape index (κ1) is 81.2. The Labute approximate surface area is 520 Å². The van der Waals surface area contributed by atoms with E-state index in [1.54, 1.807) is 0 Å². The van der Waals surface area contributed by atoms with Crippen molar-refractivity contribution in [2.24, 2.45) is 0 Å². The molecule has 0 aromatic heterocycles. The minimum atomic E-state index is -0.770. The third-order valence-electron chi connectivity index (χ3n) is 17.8. The first-order valence-electron chi connectivity index (χ1n) is 38.2. The quantitative estimate of drug-likeness (QED) is 0.0261. The number of unbranched alkanes of at least 4 members (excludes halogenated alkanes) is 59. The summed E-state index contributed by atoms with van der Waals surface area (Å²) in [6.45, 7) is 6.73. The molecule has 0 saturated carbocycles. The number of rotatable bonds is 72. The van der Waals surface area contributed by atoms with Crippen LogP contribution in [0.4, 0.5) is 0 Å². The summed E-state index contributed by atoms with van der Waals surface area (Å²) in [5.74, 6) is -0.835. The molecule has 1 unspecified atom stereocenters. The Morgan fingerprint density at radius 2 is 0.398 bits per heavy atom. The highest BCUT2D eigenvalue weighted by Gasteiger charge is 2.20. The molecule has 0 bridgehead atoms. The van der Waals surface area contributed by atoms with Crippen molar-refractivity contribution < 1.29 is 28.6 Å². The van der Waals surface area contributed by atoms with E-state index in [4.69, 9.17) is 14.2 Å². The van der Waals surface area contributed by atoms with E-state index in [1.165, 1.54) is 340 Å². The lowest BCUT2D eigenvalue weighted by Gasteiger charge is -2.18. The van der Waals surface area contributed by atoms with Gasteiger partial charge in [0.2, 0.25) is 0 Å². The van der Waals surface area contributed by atoms with Crippen LogP contribution in [0.2, 0.25) is 0 Å². The lowest BCUT2D eigenvalue weighted by atomic mass is 10.0. The molecule has 0 aromatic rings. The van der Waals surface area contributed by atoms with Crippen LogP contribution in [-0.4, -0.2) is 37.2 Å². The second kappa shape index (κ2) is 72.6. The Morgan fingerprint density at radius 1 is 0.229 bits per heavy atom. The number of carbonyl (C=O) groups is 3. The Morgan fingerprint density at radius 3 is 0.602 bits per heavy atom. The van der Waals surface area contributed by atoms with E-state index in [-0.39, 0.29) is 31.1 Å². The first-order valence-corrected chi connectivity index (χ1v) is 38.2. The number of allylic oxidation sites excluding steroid dienone is 2. The Hall–Kier alpha value is -1.85. The average Bonchev–Trinajstić information content (AvgIpc) is 3.49. The van der Waals surface area contributed by atoms with E-state index < -0.39 is 6.10 Å². The number of carbonyl (C=O) groups excluding carboxylic acids is 3. The van der Waals surface area contributed by atoms with Crippen LogP contribution < -0.4 is 0 Å². The number of hydrogen-bond donors (Lipinski definition) is 0. The SMILES string of the molecule is CCCCCCC/C=C\CCCCCCCC(=O)OCC(COC(=O)CCCCCCCCCCCCCCCCCCCCCCCCCCCCC)OC(=O)CCCCCCCCCCCCCCCCCCCCCCCCCC. The fourth-order valence-corrected chi connectivity index (χ4v) is 12.0. The fraction of sp³-hybridized carbons (Fsp3) is 0.935. The molecule has 0 aliphatic carbocycles. The van der Waals surface area contributed by atoms with Crippen molar-refractivity contribution in [3.05, 3.63) is 12.2 Å². The third kappa shape index (κ3) is 70.8. The molecule has 492 valence electrons. The highest BCUT2D eigenvalue weighted by molar-refractivity contribution is 5.71. The zero-order valence-corrected chi connectivity index (χ0v) is 56.8. The van der Waals surface area contributed by atoms with Crippen LogP contribution in [0.15, 0.2) is 12.2 Å². The summed E-state index contributed by atoms with van der Waals surface area (Å²) in [7, 11) is 0. The second-order valence-corrected chi connectivity index (χ2v) is 26.3. The molecule has 0 rings (SSSR count). The lowest BCUT2D eigenvalue weighted by molar-refractivity contribution is -0.167. The topological polar surface area (TPSA) is 78.9 Å². The maximum Gasteiger partial charge on any atom is 0.306 e. The molecule has 0 radical (unpaired) electrons. The van der Waals surface area contributed by atoms with Gasteiger partial charge in [-0.3, -0.25) is 14.4 Å². The van der Waals surface area contributed by atoms with Gasteiger partial charge >= 0.3 is 17.9 Å². The van der Waals surface area contributed by atoms with E-state index in [1.807, 2.05) is 0 Å². The highest BCUT2D eigenvalue weighted by atomic mass is 16.6. The van der Waals surface area contributed by atoms with Crippen molar-refractivity contribution in [1.82, 2.24) is 0 Å². The van der Waals surface area contributed by atoms with Gasteiger partial charge in [0.1, 0.15) is 13.2 Å². The van der Waals surface area contributed by atoms with Gasteiger partial charge in [-0.15, -0.1) is 0 Å². The maximum absolute atomic E-state index is 13.0. The standard InChI is InChI=1S/C77H148O6/c1-4-7-10-13-16-19-22-25-28-30-32-34-36-38-39-40-42-43-45-47-49-52-55-58-61-64-67-70-76(79)82-73-74(72-81-75(78)69-66-63-60-57-54-51-27-24-21-18-15-12-9-6-3)83-77(80)71-68-65-62-59-56-53-50-48-46-44-41-37-35-33-31-29-26-23-20-17-14-11-8-5-2/h24,27,74H,4-23,25-26,28-73H2,1-3H3/b27-24-. The van der Waals surface area contributed by atoms with E-state index in [0.29, 0.717) is 19.3 Å². The van der Waals surface area contributed by atoms with Gasteiger partial charge in [0.05, 0.1) is 0 Å². The van der Waals surface area contributed by atoms with Crippen LogP contribution >= 0.6 is 0 Å². The van der Waals surface area contributed by atoms with Gasteiger partial charge in [-0.25, -0.2) is 0 Å². The van der Waals surface area contributed by atoms with E-state index in [9.17, 15) is 14.4 Å². The molecule has 0 saturated heterocycles. The van der Waals surface area contributed by atoms with Gasteiger partial charge < -0.3 is 14.2 Å². The van der Waals surface area contributed by atoms with Gasteiger partial charge in [0.25, 0.3) is 0 Å². The van der Waals surface area contributed by atoms with Gasteiger partial charge in [-0.2, -0.15) is 0 Å². The van der Waals surface area contributed by atoms with Gasteiger partial charge in [-0.05, 0) is 44.9 Å². The molecule has 0 N–H and O–H groups in total. The van der Waals surface area contributed by atoms with Crippen molar-refractivity contribution in [3.63, 3.8) is 0 Å². The molecule has 0 aromatic carbocycles. The Bertz CT molecular complexity index is 1300. The number of hydrogen-bond acceptors (Lipinski definition) is 6. The molecule has 1 atom stereocenters. The van der Waals surface area contributed by atoms with Crippen molar-refractivity contribution in [1.29, 1.82) is 0 Å². The van der Waals surface area contributed by atoms with Crippen LogP contribution in [0, 0.1) is 0 Å². The largest absolute Gasteiger partial charge is 0.462 e. The third-order valence-corrected chi connectivity index (χ3v) is 17.8. The van der Waals surface area contributed by atoms with Gasteiger partial charge in [-0.1, -0.05) is 392 Å². The maximum atomic E-state index is 13.0. The van der Waals surface area contributed by atoms with Gasteiger partial charge in [0.15, 0.2) is 6.10 Å². The number of esters is 3.